The SMILES string of the molecule is COc1ccc(NC(=O)Nc2cc(F)c3[nH]c(=O)ccc3c2)cc1. The fraction of sp³-hybridized carbons (Fsp3) is 0.0588. The number of hydrogen-bond acceptors (Lipinski definition) is 3. The highest BCUT2D eigenvalue weighted by Gasteiger charge is 2.08. The lowest BCUT2D eigenvalue weighted by atomic mass is 10.2. The molecule has 0 spiro atoms. The molecule has 0 saturated heterocycles. The highest BCUT2D eigenvalue weighted by atomic mass is 19.1. The summed E-state index contributed by atoms with van der Waals surface area (Å²) in [7, 11) is 1.55. The summed E-state index contributed by atoms with van der Waals surface area (Å²) in [6, 6.07) is 11.8. The van der Waals surface area contributed by atoms with Crippen LogP contribution < -0.4 is 20.9 Å². The molecule has 122 valence electrons. The molecule has 0 aliphatic heterocycles. The van der Waals surface area contributed by atoms with Crippen molar-refractivity contribution in [1.29, 1.82) is 0 Å². The number of carbonyl (C=O) groups excluding carboxylic acids is 1. The van der Waals surface area contributed by atoms with Crippen LogP contribution in [0, 0.1) is 5.82 Å². The van der Waals surface area contributed by atoms with E-state index in [9.17, 15) is 14.0 Å². The van der Waals surface area contributed by atoms with Gasteiger partial charge in [-0.3, -0.25) is 4.79 Å². The number of fused-ring (bicyclic) bond motifs is 1. The Bertz CT molecular complexity index is 951. The average Bonchev–Trinajstić information content (AvgIpc) is 2.56. The minimum absolute atomic E-state index is 0.101. The van der Waals surface area contributed by atoms with Crippen LogP contribution in [0.5, 0.6) is 5.75 Å². The van der Waals surface area contributed by atoms with Crippen LogP contribution in [0.3, 0.4) is 0 Å². The second-order valence-electron chi connectivity index (χ2n) is 5.05. The summed E-state index contributed by atoms with van der Waals surface area (Å²) in [5, 5.41) is 5.67. The van der Waals surface area contributed by atoms with Gasteiger partial charge in [-0.25, -0.2) is 9.18 Å². The fourth-order valence-corrected chi connectivity index (χ4v) is 2.26. The molecule has 0 aliphatic carbocycles. The number of halogens is 1. The Morgan fingerprint density at radius 3 is 2.46 bits per heavy atom. The first-order valence-electron chi connectivity index (χ1n) is 7.10. The molecular formula is C17H14FN3O3. The van der Waals surface area contributed by atoms with Gasteiger partial charge < -0.3 is 20.4 Å². The van der Waals surface area contributed by atoms with Crippen LogP contribution in [-0.4, -0.2) is 18.1 Å². The highest BCUT2D eigenvalue weighted by Crippen LogP contribution is 2.21. The Labute approximate surface area is 136 Å². The van der Waals surface area contributed by atoms with Crippen molar-refractivity contribution in [2.75, 3.05) is 17.7 Å². The lowest BCUT2D eigenvalue weighted by molar-refractivity contribution is 0.262. The Kier molecular flexibility index (Phi) is 4.15. The maximum Gasteiger partial charge on any atom is 0.323 e. The van der Waals surface area contributed by atoms with Crippen LogP contribution >= 0.6 is 0 Å². The average molecular weight is 327 g/mol. The van der Waals surface area contributed by atoms with E-state index >= 15 is 0 Å². The largest absolute Gasteiger partial charge is 0.497 e. The summed E-state index contributed by atoms with van der Waals surface area (Å²) in [6.07, 6.45) is 0. The monoisotopic (exact) mass is 327 g/mol. The number of methoxy groups -OCH3 is 1. The number of carbonyl (C=O) groups is 1. The second-order valence-corrected chi connectivity index (χ2v) is 5.05. The van der Waals surface area contributed by atoms with E-state index in [1.165, 1.54) is 12.1 Å². The van der Waals surface area contributed by atoms with Crippen LogP contribution in [0.4, 0.5) is 20.6 Å². The molecule has 0 aliphatic rings. The Hall–Kier alpha value is -3.35. The van der Waals surface area contributed by atoms with Gasteiger partial charge in [-0.1, -0.05) is 0 Å². The molecule has 1 heterocycles. The van der Waals surface area contributed by atoms with Crippen LogP contribution in [0.15, 0.2) is 53.3 Å². The summed E-state index contributed by atoms with van der Waals surface area (Å²) < 4.78 is 19.1. The van der Waals surface area contributed by atoms with Gasteiger partial charge >= 0.3 is 6.03 Å². The van der Waals surface area contributed by atoms with E-state index in [0.717, 1.165) is 6.07 Å². The van der Waals surface area contributed by atoms with Gasteiger partial charge in [0.15, 0.2) is 0 Å². The van der Waals surface area contributed by atoms with Crippen LogP contribution in [0.25, 0.3) is 10.9 Å². The number of H-pyrrole nitrogens is 1. The molecule has 6 nitrogen and oxygen atoms in total. The van der Waals surface area contributed by atoms with Gasteiger partial charge in [0.25, 0.3) is 0 Å². The number of ether oxygens (including phenoxy) is 1. The fourth-order valence-electron chi connectivity index (χ4n) is 2.26. The zero-order chi connectivity index (χ0) is 17.1. The molecule has 3 N–H and O–H groups in total. The van der Waals surface area contributed by atoms with E-state index in [0.29, 0.717) is 16.8 Å². The number of anilines is 2. The minimum atomic E-state index is -0.620. The summed E-state index contributed by atoms with van der Waals surface area (Å²) in [5.41, 5.74) is 0.555. The van der Waals surface area contributed by atoms with Gasteiger partial charge in [-0.2, -0.15) is 0 Å². The van der Waals surface area contributed by atoms with Gasteiger partial charge in [-0.05, 0) is 42.5 Å². The molecule has 1 aromatic heterocycles. The first-order valence-corrected chi connectivity index (χ1v) is 7.10. The number of amides is 2. The maximum absolute atomic E-state index is 14.0. The third kappa shape index (κ3) is 3.35. The standard InChI is InChI=1S/C17H14FN3O3/c1-24-13-5-3-11(4-6-13)19-17(23)20-12-8-10-2-7-15(22)21-16(10)14(18)9-12/h2-9H,1H3,(H,21,22)(H2,19,20,23). The van der Waals surface area contributed by atoms with Crippen molar-refractivity contribution in [3.8, 4) is 5.75 Å². The molecule has 7 heteroatoms. The molecule has 2 aromatic carbocycles. The third-order valence-corrected chi connectivity index (χ3v) is 3.39. The molecule has 0 bridgehead atoms. The molecule has 0 unspecified atom stereocenters. The summed E-state index contributed by atoms with van der Waals surface area (Å²) in [4.78, 5) is 25.7. The smallest absolute Gasteiger partial charge is 0.323 e. The van der Waals surface area contributed by atoms with Crippen molar-refractivity contribution in [3.05, 3.63) is 64.7 Å². The Morgan fingerprint density at radius 1 is 1.04 bits per heavy atom. The number of nitrogens with one attached hydrogen (secondary N) is 3. The second kappa shape index (κ2) is 6.41. The minimum Gasteiger partial charge on any atom is -0.497 e. The molecule has 3 aromatic rings. The van der Waals surface area contributed by atoms with Crippen molar-refractivity contribution < 1.29 is 13.9 Å². The number of hydrogen-bond donors (Lipinski definition) is 3. The van der Waals surface area contributed by atoms with Crippen molar-refractivity contribution in [3.63, 3.8) is 0 Å². The number of urea groups is 1. The Balaban J connectivity index is 1.77. The normalized spacial score (nSPS) is 10.4. The van der Waals surface area contributed by atoms with Crippen LogP contribution in [0.1, 0.15) is 0 Å². The number of benzene rings is 2. The van der Waals surface area contributed by atoms with E-state index in [4.69, 9.17) is 4.74 Å². The zero-order valence-electron chi connectivity index (χ0n) is 12.7. The highest BCUT2D eigenvalue weighted by molar-refractivity contribution is 6.01. The van der Waals surface area contributed by atoms with Crippen LogP contribution in [0.2, 0.25) is 0 Å². The molecule has 0 radical (unpaired) electrons. The lowest BCUT2D eigenvalue weighted by Crippen LogP contribution is -2.19. The van der Waals surface area contributed by atoms with Gasteiger partial charge in [0.05, 0.1) is 12.6 Å². The quantitative estimate of drug-likeness (QED) is 0.690. The zero-order valence-corrected chi connectivity index (χ0v) is 12.7. The number of aromatic nitrogens is 1. The maximum atomic E-state index is 14.0. The number of aromatic amines is 1. The molecule has 0 atom stereocenters. The van der Waals surface area contributed by atoms with E-state index < -0.39 is 11.8 Å². The van der Waals surface area contributed by atoms with E-state index in [1.807, 2.05) is 0 Å². The summed E-state index contributed by atoms with van der Waals surface area (Å²) in [5.74, 6) is 0.0523. The predicted molar refractivity (Wildman–Crippen MR) is 90.2 cm³/mol. The van der Waals surface area contributed by atoms with Gasteiger partial charge in [0.1, 0.15) is 11.6 Å². The first-order chi connectivity index (χ1) is 11.5. The van der Waals surface area contributed by atoms with Crippen molar-refractivity contribution in [2.45, 2.75) is 0 Å². The van der Waals surface area contributed by atoms with Crippen molar-refractivity contribution in [1.82, 2.24) is 4.98 Å². The first kappa shape index (κ1) is 15.5. The topological polar surface area (TPSA) is 83.2 Å². The molecule has 0 saturated carbocycles. The van der Waals surface area contributed by atoms with Gasteiger partial charge in [-0.15, -0.1) is 0 Å². The van der Waals surface area contributed by atoms with E-state index in [1.54, 1.807) is 37.4 Å². The van der Waals surface area contributed by atoms with Crippen molar-refractivity contribution >= 4 is 28.3 Å². The lowest BCUT2D eigenvalue weighted by Gasteiger charge is -2.09. The summed E-state index contributed by atoms with van der Waals surface area (Å²) >= 11 is 0. The predicted octanol–water partition coefficient (Wildman–Crippen LogP) is 3.32. The molecule has 2 amide bonds. The molecule has 0 fully saturated rings. The number of rotatable bonds is 3. The third-order valence-electron chi connectivity index (χ3n) is 3.39. The van der Waals surface area contributed by atoms with E-state index in [-0.39, 0.29) is 16.8 Å². The summed E-state index contributed by atoms with van der Waals surface area (Å²) in [6.45, 7) is 0. The molecule has 24 heavy (non-hydrogen) atoms. The van der Waals surface area contributed by atoms with E-state index in [2.05, 4.69) is 15.6 Å². The van der Waals surface area contributed by atoms with Crippen LogP contribution in [-0.2, 0) is 0 Å². The molecule has 3 rings (SSSR count). The number of pyridine rings is 1. The van der Waals surface area contributed by atoms with Gasteiger partial charge in [0, 0.05) is 22.8 Å². The Morgan fingerprint density at radius 2 is 1.75 bits per heavy atom. The molecular weight excluding hydrogens is 313 g/mol. The van der Waals surface area contributed by atoms with Gasteiger partial charge in [0.2, 0.25) is 5.56 Å². The van der Waals surface area contributed by atoms with Crippen molar-refractivity contribution in [2.24, 2.45) is 0 Å².